The molecule has 0 aliphatic heterocycles. The number of hydrogen-bond acceptors (Lipinski definition) is 2. The van der Waals surface area contributed by atoms with Crippen molar-refractivity contribution in [3.63, 3.8) is 0 Å². The average molecular weight is 309 g/mol. The standard InChI is InChI=1S/C20H23NO2/c1-2-3-4-5-6-16-7-9-17(10-8-16)15-21-19-13-11-18(12-14-19)20(22)23/h7-15H,2-6H2,1H3,(H,22,23). The van der Waals surface area contributed by atoms with Crippen LogP contribution in [0.4, 0.5) is 5.69 Å². The molecule has 0 spiro atoms. The Labute approximate surface area is 137 Å². The Kier molecular flexibility index (Phi) is 6.55. The number of hydrogen-bond donors (Lipinski definition) is 1. The van der Waals surface area contributed by atoms with E-state index in [4.69, 9.17) is 5.11 Å². The summed E-state index contributed by atoms with van der Waals surface area (Å²) in [7, 11) is 0. The number of carbonyl (C=O) groups is 1. The number of aromatic carboxylic acids is 1. The highest BCUT2D eigenvalue weighted by atomic mass is 16.4. The summed E-state index contributed by atoms with van der Waals surface area (Å²) in [6, 6.07) is 15.0. The van der Waals surface area contributed by atoms with Crippen LogP contribution in [-0.2, 0) is 6.42 Å². The average Bonchev–Trinajstić information content (AvgIpc) is 2.58. The van der Waals surface area contributed by atoms with Gasteiger partial charge in [-0.1, -0.05) is 50.5 Å². The van der Waals surface area contributed by atoms with E-state index in [1.807, 2.05) is 0 Å². The van der Waals surface area contributed by atoms with Crippen LogP contribution in [0.1, 0.15) is 54.1 Å². The van der Waals surface area contributed by atoms with E-state index < -0.39 is 5.97 Å². The minimum Gasteiger partial charge on any atom is -0.478 e. The summed E-state index contributed by atoms with van der Waals surface area (Å²) < 4.78 is 0. The van der Waals surface area contributed by atoms with E-state index in [1.165, 1.54) is 31.2 Å². The van der Waals surface area contributed by atoms with Crippen molar-refractivity contribution in [2.45, 2.75) is 39.0 Å². The Bertz CT molecular complexity index is 642. The van der Waals surface area contributed by atoms with E-state index in [1.54, 1.807) is 30.5 Å². The number of benzene rings is 2. The SMILES string of the molecule is CCCCCCc1ccc(C=Nc2ccc(C(=O)O)cc2)cc1. The van der Waals surface area contributed by atoms with Gasteiger partial charge in [0.15, 0.2) is 0 Å². The Hall–Kier alpha value is -2.42. The van der Waals surface area contributed by atoms with Gasteiger partial charge in [-0.25, -0.2) is 4.79 Å². The number of aliphatic imine (C=N–C) groups is 1. The maximum absolute atomic E-state index is 10.8. The van der Waals surface area contributed by atoms with E-state index in [-0.39, 0.29) is 5.56 Å². The molecule has 0 unspecified atom stereocenters. The predicted octanol–water partition coefficient (Wildman–Crippen LogP) is 5.26. The Morgan fingerprint density at radius 3 is 2.30 bits per heavy atom. The molecule has 2 rings (SSSR count). The molecule has 23 heavy (non-hydrogen) atoms. The highest BCUT2D eigenvalue weighted by molar-refractivity contribution is 5.88. The molecule has 120 valence electrons. The van der Waals surface area contributed by atoms with E-state index in [0.29, 0.717) is 0 Å². The first-order valence-electron chi connectivity index (χ1n) is 8.15. The third-order valence-electron chi connectivity index (χ3n) is 3.78. The summed E-state index contributed by atoms with van der Waals surface area (Å²) in [4.78, 5) is 15.2. The first-order valence-corrected chi connectivity index (χ1v) is 8.15. The second kappa shape index (κ2) is 8.89. The summed E-state index contributed by atoms with van der Waals surface area (Å²) in [6.07, 6.45) is 8.06. The van der Waals surface area contributed by atoms with Gasteiger partial charge in [0.1, 0.15) is 0 Å². The van der Waals surface area contributed by atoms with Crippen LogP contribution in [0.3, 0.4) is 0 Å². The van der Waals surface area contributed by atoms with Crippen LogP contribution in [0.2, 0.25) is 0 Å². The van der Waals surface area contributed by atoms with Crippen molar-refractivity contribution in [1.29, 1.82) is 0 Å². The second-order valence-electron chi connectivity index (χ2n) is 5.66. The van der Waals surface area contributed by atoms with Crippen molar-refractivity contribution in [3.05, 3.63) is 65.2 Å². The predicted molar refractivity (Wildman–Crippen MR) is 94.9 cm³/mol. The molecule has 0 atom stereocenters. The van der Waals surface area contributed by atoms with E-state index in [9.17, 15) is 4.79 Å². The van der Waals surface area contributed by atoms with Crippen LogP contribution in [0.15, 0.2) is 53.5 Å². The third kappa shape index (κ3) is 5.70. The van der Waals surface area contributed by atoms with Gasteiger partial charge in [-0.05, 0) is 48.2 Å². The maximum Gasteiger partial charge on any atom is 0.335 e. The Balaban J connectivity index is 1.90. The lowest BCUT2D eigenvalue weighted by Crippen LogP contribution is -1.94. The fourth-order valence-corrected chi connectivity index (χ4v) is 2.37. The zero-order valence-corrected chi connectivity index (χ0v) is 13.5. The molecule has 0 saturated heterocycles. The smallest absolute Gasteiger partial charge is 0.335 e. The van der Waals surface area contributed by atoms with Crippen molar-refractivity contribution in [2.24, 2.45) is 4.99 Å². The maximum atomic E-state index is 10.8. The molecule has 0 bridgehead atoms. The van der Waals surface area contributed by atoms with Gasteiger partial charge in [0.25, 0.3) is 0 Å². The second-order valence-corrected chi connectivity index (χ2v) is 5.66. The molecule has 3 heteroatoms. The fraction of sp³-hybridized carbons (Fsp3) is 0.300. The monoisotopic (exact) mass is 309 g/mol. The van der Waals surface area contributed by atoms with Crippen molar-refractivity contribution < 1.29 is 9.90 Å². The largest absolute Gasteiger partial charge is 0.478 e. The van der Waals surface area contributed by atoms with Gasteiger partial charge in [-0.2, -0.15) is 0 Å². The Morgan fingerprint density at radius 1 is 1.00 bits per heavy atom. The molecule has 0 aliphatic rings. The van der Waals surface area contributed by atoms with Crippen molar-refractivity contribution >= 4 is 17.9 Å². The minimum atomic E-state index is -0.921. The number of carboxylic acids is 1. The molecule has 0 radical (unpaired) electrons. The van der Waals surface area contributed by atoms with Crippen LogP contribution in [0.5, 0.6) is 0 Å². The van der Waals surface area contributed by atoms with Crippen LogP contribution in [0, 0.1) is 0 Å². The summed E-state index contributed by atoms with van der Waals surface area (Å²) in [6.45, 7) is 2.23. The normalized spacial score (nSPS) is 11.0. The van der Waals surface area contributed by atoms with Crippen LogP contribution < -0.4 is 0 Å². The molecule has 3 nitrogen and oxygen atoms in total. The van der Waals surface area contributed by atoms with Crippen LogP contribution >= 0.6 is 0 Å². The molecule has 0 fully saturated rings. The first-order chi connectivity index (χ1) is 11.2. The third-order valence-corrected chi connectivity index (χ3v) is 3.78. The number of aryl methyl sites for hydroxylation is 1. The zero-order chi connectivity index (χ0) is 16.5. The van der Waals surface area contributed by atoms with Gasteiger partial charge in [0.05, 0.1) is 11.3 Å². The molecule has 0 heterocycles. The lowest BCUT2D eigenvalue weighted by molar-refractivity contribution is 0.0697. The molecular formula is C20H23NO2. The highest BCUT2D eigenvalue weighted by Gasteiger charge is 2.00. The van der Waals surface area contributed by atoms with E-state index in [2.05, 4.69) is 36.2 Å². The van der Waals surface area contributed by atoms with E-state index >= 15 is 0 Å². The van der Waals surface area contributed by atoms with Crippen molar-refractivity contribution in [3.8, 4) is 0 Å². The summed E-state index contributed by atoms with van der Waals surface area (Å²) in [5, 5.41) is 8.86. The molecule has 2 aromatic rings. The lowest BCUT2D eigenvalue weighted by Gasteiger charge is -2.02. The summed E-state index contributed by atoms with van der Waals surface area (Å²) >= 11 is 0. The summed E-state index contributed by atoms with van der Waals surface area (Å²) in [5.74, 6) is -0.921. The van der Waals surface area contributed by atoms with Crippen LogP contribution in [0.25, 0.3) is 0 Å². The molecule has 0 aliphatic carbocycles. The molecule has 2 aromatic carbocycles. The van der Waals surface area contributed by atoms with Gasteiger partial charge < -0.3 is 5.11 Å². The zero-order valence-electron chi connectivity index (χ0n) is 13.5. The van der Waals surface area contributed by atoms with Crippen molar-refractivity contribution in [1.82, 2.24) is 0 Å². The van der Waals surface area contributed by atoms with Gasteiger partial charge >= 0.3 is 5.97 Å². The van der Waals surface area contributed by atoms with Gasteiger partial charge in [0, 0.05) is 6.21 Å². The van der Waals surface area contributed by atoms with Crippen LogP contribution in [-0.4, -0.2) is 17.3 Å². The molecule has 0 saturated carbocycles. The Morgan fingerprint density at radius 2 is 1.70 bits per heavy atom. The van der Waals surface area contributed by atoms with Gasteiger partial charge in [0.2, 0.25) is 0 Å². The first kappa shape index (κ1) is 16.9. The number of nitrogens with zero attached hydrogens (tertiary/aromatic N) is 1. The molecule has 1 N–H and O–H groups in total. The fourth-order valence-electron chi connectivity index (χ4n) is 2.37. The lowest BCUT2D eigenvalue weighted by atomic mass is 10.0. The molecular weight excluding hydrogens is 286 g/mol. The van der Waals surface area contributed by atoms with E-state index in [0.717, 1.165) is 17.7 Å². The number of carboxylic acid groups (broad SMARTS) is 1. The topological polar surface area (TPSA) is 49.7 Å². The van der Waals surface area contributed by atoms with Crippen molar-refractivity contribution in [2.75, 3.05) is 0 Å². The summed E-state index contributed by atoms with van der Waals surface area (Å²) in [5.41, 5.74) is 3.43. The van der Waals surface area contributed by atoms with Gasteiger partial charge in [-0.3, -0.25) is 4.99 Å². The number of unbranched alkanes of at least 4 members (excludes halogenated alkanes) is 3. The molecule has 0 aromatic heterocycles. The quantitative estimate of drug-likeness (QED) is 0.534. The highest BCUT2D eigenvalue weighted by Crippen LogP contribution is 2.14. The minimum absolute atomic E-state index is 0.274. The molecule has 0 amide bonds. The van der Waals surface area contributed by atoms with Gasteiger partial charge in [-0.15, -0.1) is 0 Å². The number of rotatable bonds is 8.